The lowest BCUT2D eigenvalue weighted by molar-refractivity contribution is 0.174. The monoisotopic (exact) mass is 251 g/mol. The predicted molar refractivity (Wildman–Crippen MR) is 64.2 cm³/mol. The van der Waals surface area contributed by atoms with Gasteiger partial charge in [0, 0.05) is 12.6 Å². The van der Waals surface area contributed by atoms with Crippen molar-refractivity contribution < 1.29 is 9.47 Å². The third kappa shape index (κ3) is 1.51. The number of nitrogens with zero attached hydrogens (tertiary/aromatic N) is 2. The SMILES string of the molecule is Cn1cnc(-c2cc(Cl)c3c(c2)OCO3)c1N. The molecule has 5 nitrogen and oxygen atoms in total. The van der Waals surface area contributed by atoms with E-state index in [0.29, 0.717) is 28.0 Å². The number of rotatable bonds is 1. The largest absolute Gasteiger partial charge is 0.454 e. The Morgan fingerprint density at radius 2 is 2.24 bits per heavy atom. The summed E-state index contributed by atoms with van der Waals surface area (Å²) in [7, 11) is 1.83. The molecule has 2 heterocycles. The molecule has 0 fully saturated rings. The topological polar surface area (TPSA) is 62.3 Å². The van der Waals surface area contributed by atoms with E-state index in [1.165, 1.54) is 0 Å². The maximum Gasteiger partial charge on any atom is 0.231 e. The molecule has 1 aliphatic rings. The van der Waals surface area contributed by atoms with Crippen LogP contribution in [0, 0.1) is 0 Å². The summed E-state index contributed by atoms with van der Waals surface area (Å²) < 4.78 is 12.3. The Kier molecular flexibility index (Phi) is 2.16. The van der Waals surface area contributed by atoms with Crippen LogP contribution in [0.2, 0.25) is 5.02 Å². The fourth-order valence-corrected chi connectivity index (χ4v) is 2.03. The number of aryl methyl sites for hydroxylation is 1. The maximum absolute atomic E-state index is 6.10. The second kappa shape index (κ2) is 3.56. The third-order valence-electron chi connectivity index (χ3n) is 2.68. The first-order chi connectivity index (χ1) is 8.16. The summed E-state index contributed by atoms with van der Waals surface area (Å²) in [4.78, 5) is 4.24. The van der Waals surface area contributed by atoms with E-state index < -0.39 is 0 Å². The molecule has 1 aromatic carbocycles. The molecule has 0 unspecified atom stereocenters. The van der Waals surface area contributed by atoms with Gasteiger partial charge in [0.1, 0.15) is 11.5 Å². The van der Waals surface area contributed by atoms with Crippen LogP contribution < -0.4 is 15.2 Å². The molecule has 2 N–H and O–H groups in total. The number of fused-ring (bicyclic) bond motifs is 1. The molecule has 0 saturated carbocycles. The number of nitrogen functional groups attached to an aromatic ring is 1. The Balaban J connectivity index is 2.16. The highest BCUT2D eigenvalue weighted by Crippen LogP contribution is 2.42. The molecule has 0 amide bonds. The van der Waals surface area contributed by atoms with Crippen molar-refractivity contribution in [2.75, 3.05) is 12.5 Å². The molecule has 3 rings (SSSR count). The van der Waals surface area contributed by atoms with Crippen molar-refractivity contribution in [1.29, 1.82) is 0 Å². The van der Waals surface area contributed by atoms with Crippen LogP contribution in [-0.4, -0.2) is 16.3 Å². The van der Waals surface area contributed by atoms with Gasteiger partial charge in [0.2, 0.25) is 6.79 Å². The number of benzene rings is 1. The maximum atomic E-state index is 6.10. The Labute approximate surface area is 103 Å². The van der Waals surface area contributed by atoms with Crippen LogP contribution in [0.25, 0.3) is 11.3 Å². The molecule has 6 heteroatoms. The Morgan fingerprint density at radius 1 is 1.41 bits per heavy atom. The number of ether oxygens (including phenoxy) is 2. The van der Waals surface area contributed by atoms with Gasteiger partial charge in [-0.2, -0.15) is 0 Å². The number of anilines is 1. The van der Waals surface area contributed by atoms with E-state index in [1.807, 2.05) is 13.1 Å². The zero-order valence-corrected chi connectivity index (χ0v) is 9.86. The van der Waals surface area contributed by atoms with Crippen molar-refractivity contribution in [2.24, 2.45) is 7.05 Å². The highest BCUT2D eigenvalue weighted by atomic mass is 35.5. The molecule has 17 heavy (non-hydrogen) atoms. The van der Waals surface area contributed by atoms with Gasteiger partial charge in [0.05, 0.1) is 11.3 Å². The van der Waals surface area contributed by atoms with Crippen molar-refractivity contribution >= 4 is 17.4 Å². The smallest absolute Gasteiger partial charge is 0.231 e. The van der Waals surface area contributed by atoms with Crippen LogP contribution >= 0.6 is 11.6 Å². The average molecular weight is 252 g/mol. The van der Waals surface area contributed by atoms with E-state index >= 15 is 0 Å². The van der Waals surface area contributed by atoms with Crippen molar-refractivity contribution in [2.45, 2.75) is 0 Å². The molecule has 0 spiro atoms. The summed E-state index contributed by atoms with van der Waals surface area (Å²) in [6.45, 7) is 0.191. The second-order valence-corrected chi connectivity index (χ2v) is 4.19. The van der Waals surface area contributed by atoms with Crippen LogP contribution in [-0.2, 0) is 7.05 Å². The Hall–Kier alpha value is -1.88. The number of imidazole rings is 1. The Bertz CT molecular complexity index is 595. The normalized spacial score (nSPS) is 13.1. The van der Waals surface area contributed by atoms with Crippen molar-refractivity contribution in [3.63, 3.8) is 0 Å². The van der Waals surface area contributed by atoms with Crippen molar-refractivity contribution in [1.82, 2.24) is 9.55 Å². The van der Waals surface area contributed by atoms with E-state index in [2.05, 4.69) is 4.98 Å². The molecule has 0 atom stereocenters. The van der Waals surface area contributed by atoms with Crippen molar-refractivity contribution in [3.8, 4) is 22.8 Å². The molecular formula is C11H10ClN3O2. The molecule has 0 aliphatic carbocycles. The minimum absolute atomic E-state index is 0.191. The van der Waals surface area contributed by atoms with Gasteiger partial charge in [0.15, 0.2) is 11.5 Å². The van der Waals surface area contributed by atoms with E-state index in [9.17, 15) is 0 Å². The summed E-state index contributed by atoms with van der Waals surface area (Å²) in [6.07, 6.45) is 1.66. The number of halogens is 1. The van der Waals surface area contributed by atoms with Crippen molar-refractivity contribution in [3.05, 3.63) is 23.5 Å². The fourth-order valence-electron chi connectivity index (χ4n) is 1.77. The first-order valence-electron chi connectivity index (χ1n) is 5.03. The predicted octanol–water partition coefficient (Wildman–Crippen LogP) is 2.05. The van der Waals surface area contributed by atoms with E-state index in [-0.39, 0.29) is 6.79 Å². The van der Waals surface area contributed by atoms with E-state index in [4.69, 9.17) is 26.8 Å². The lowest BCUT2D eigenvalue weighted by Gasteiger charge is -2.04. The van der Waals surface area contributed by atoms with Gasteiger partial charge in [0.25, 0.3) is 0 Å². The molecule has 1 aliphatic heterocycles. The fraction of sp³-hybridized carbons (Fsp3) is 0.182. The molecule has 0 radical (unpaired) electrons. The zero-order valence-electron chi connectivity index (χ0n) is 9.11. The van der Waals surface area contributed by atoms with E-state index in [1.54, 1.807) is 17.0 Å². The molecule has 2 aromatic rings. The van der Waals surface area contributed by atoms with Gasteiger partial charge < -0.3 is 19.8 Å². The number of hydrogen-bond acceptors (Lipinski definition) is 4. The second-order valence-electron chi connectivity index (χ2n) is 3.78. The number of nitrogens with two attached hydrogens (primary N) is 1. The van der Waals surface area contributed by atoms with Gasteiger partial charge >= 0.3 is 0 Å². The standard InChI is InChI=1S/C11H10ClN3O2/c1-15-4-14-9(11(15)13)6-2-7(12)10-8(3-6)16-5-17-10/h2-4H,5,13H2,1H3. The first kappa shape index (κ1) is 10.3. The van der Waals surface area contributed by atoms with Gasteiger partial charge in [-0.3, -0.25) is 0 Å². The van der Waals surface area contributed by atoms with Gasteiger partial charge in [-0.15, -0.1) is 0 Å². The first-order valence-corrected chi connectivity index (χ1v) is 5.41. The zero-order chi connectivity index (χ0) is 12.0. The average Bonchev–Trinajstić information content (AvgIpc) is 2.88. The van der Waals surface area contributed by atoms with E-state index in [0.717, 1.165) is 5.56 Å². The summed E-state index contributed by atoms with van der Waals surface area (Å²) >= 11 is 6.10. The van der Waals surface area contributed by atoms with Gasteiger partial charge in [-0.25, -0.2) is 4.98 Å². The highest BCUT2D eigenvalue weighted by Gasteiger charge is 2.20. The summed E-state index contributed by atoms with van der Waals surface area (Å²) in [5.74, 6) is 1.78. The molecular weight excluding hydrogens is 242 g/mol. The highest BCUT2D eigenvalue weighted by molar-refractivity contribution is 6.32. The van der Waals surface area contributed by atoms with Crippen LogP contribution in [0.15, 0.2) is 18.5 Å². The summed E-state index contributed by atoms with van der Waals surface area (Å²) in [6, 6.07) is 3.60. The minimum atomic E-state index is 0.191. The molecule has 0 bridgehead atoms. The molecule has 0 saturated heterocycles. The quantitative estimate of drug-likeness (QED) is 0.843. The Morgan fingerprint density at radius 3 is 2.94 bits per heavy atom. The van der Waals surface area contributed by atoms with Crippen LogP contribution in [0.4, 0.5) is 5.82 Å². The molecule has 1 aromatic heterocycles. The number of hydrogen-bond donors (Lipinski definition) is 1. The van der Waals surface area contributed by atoms with Crippen LogP contribution in [0.5, 0.6) is 11.5 Å². The van der Waals surface area contributed by atoms with Crippen LogP contribution in [0.3, 0.4) is 0 Å². The molecule has 88 valence electrons. The van der Waals surface area contributed by atoms with Gasteiger partial charge in [-0.05, 0) is 12.1 Å². The summed E-state index contributed by atoms with van der Waals surface area (Å²) in [5, 5.41) is 0.500. The lowest BCUT2D eigenvalue weighted by atomic mass is 10.1. The minimum Gasteiger partial charge on any atom is -0.454 e. The number of aromatic nitrogens is 2. The lowest BCUT2D eigenvalue weighted by Crippen LogP contribution is -1.95. The van der Waals surface area contributed by atoms with Crippen LogP contribution in [0.1, 0.15) is 0 Å². The van der Waals surface area contributed by atoms with Gasteiger partial charge in [-0.1, -0.05) is 11.6 Å². The summed E-state index contributed by atoms with van der Waals surface area (Å²) in [5.41, 5.74) is 7.42. The third-order valence-corrected chi connectivity index (χ3v) is 2.96.